The maximum Gasteiger partial charge on any atom is 0.256 e. The Labute approximate surface area is 125 Å². The van der Waals surface area contributed by atoms with Gasteiger partial charge < -0.3 is 5.32 Å². The predicted octanol–water partition coefficient (Wildman–Crippen LogP) is 4.37. The number of nitrogens with one attached hydrogen (secondary N) is 1. The van der Waals surface area contributed by atoms with Crippen LogP contribution in [0, 0.1) is 13.8 Å². The molecule has 2 aromatic rings. The molecule has 1 heterocycles. The van der Waals surface area contributed by atoms with Crippen molar-refractivity contribution in [3.8, 4) is 0 Å². The van der Waals surface area contributed by atoms with Gasteiger partial charge in [-0.15, -0.1) is 0 Å². The lowest BCUT2D eigenvalue weighted by molar-refractivity contribution is 0.102. The number of rotatable bonds is 2. The first kappa shape index (κ1) is 14.0. The van der Waals surface area contributed by atoms with Gasteiger partial charge in [-0.05, 0) is 47.5 Å². The van der Waals surface area contributed by atoms with Gasteiger partial charge in [-0.1, -0.05) is 29.3 Å². The molecule has 0 saturated heterocycles. The fraction of sp³-hybridized carbons (Fsp3) is 0.143. The third-order valence-electron chi connectivity index (χ3n) is 2.69. The van der Waals surface area contributed by atoms with E-state index in [1.165, 1.54) is 0 Å². The molecule has 0 aliphatic heterocycles. The second-order valence-electron chi connectivity index (χ2n) is 4.26. The number of hydrogen-bond acceptors (Lipinski definition) is 2. The predicted molar refractivity (Wildman–Crippen MR) is 80.8 cm³/mol. The summed E-state index contributed by atoms with van der Waals surface area (Å²) >= 11 is 9.25. The number of nitrogens with zero attached hydrogens (tertiary/aromatic N) is 1. The highest BCUT2D eigenvalue weighted by Gasteiger charge is 2.12. The van der Waals surface area contributed by atoms with E-state index in [1.807, 2.05) is 32.0 Å². The molecule has 0 radical (unpaired) electrons. The number of pyridine rings is 1. The Morgan fingerprint density at radius 3 is 2.79 bits per heavy atom. The number of hydrogen-bond donors (Lipinski definition) is 1. The molecule has 0 saturated carbocycles. The lowest BCUT2D eigenvalue weighted by atomic mass is 10.1. The van der Waals surface area contributed by atoms with Crippen LogP contribution in [0.4, 0.5) is 5.69 Å². The lowest BCUT2D eigenvalue weighted by Gasteiger charge is -2.09. The largest absolute Gasteiger partial charge is 0.319 e. The number of anilines is 1. The second-order valence-corrected chi connectivity index (χ2v) is 5.54. The Balaban J connectivity index is 2.30. The molecule has 0 spiro atoms. The molecule has 3 nitrogen and oxygen atoms in total. The summed E-state index contributed by atoms with van der Waals surface area (Å²) in [4.78, 5) is 16.2. The average Bonchev–Trinajstić information content (AvgIpc) is 2.36. The van der Waals surface area contributed by atoms with E-state index in [9.17, 15) is 4.79 Å². The second kappa shape index (κ2) is 5.72. The van der Waals surface area contributed by atoms with Crippen molar-refractivity contribution in [2.45, 2.75) is 13.8 Å². The molecule has 1 aromatic heterocycles. The van der Waals surface area contributed by atoms with Crippen LogP contribution < -0.4 is 5.32 Å². The van der Waals surface area contributed by atoms with E-state index in [0.717, 1.165) is 15.6 Å². The molecule has 0 fully saturated rings. The van der Waals surface area contributed by atoms with E-state index in [2.05, 4.69) is 26.2 Å². The first-order valence-electron chi connectivity index (χ1n) is 5.67. The Morgan fingerprint density at radius 2 is 2.05 bits per heavy atom. The van der Waals surface area contributed by atoms with Crippen molar-refractivity contribution in [3.63, 3.8) is 0 Å². The SMILES string of the molecule is Cc1ccc(C)c(C(=O)Nc2cc(Br)cnc2Cl)c1. The number of halogens is 2. The zero-order valence-corrected chi connectivity index (χ0v) is 12.8. The summed E-state index contributed by atoms with van der Waals surface area (Å²) in [5.74, 6) is -0.192. The number of amides is 1. The van der Waals surface area contributed by atoms with Gasteiger partial charge in [-0.2, -0.15) is 0 Å². The van der Waals surface area contributed by atoms with Crippen LogP contribution in [0.15, 0.2) is 34.9 Å². The van der Waals surface area contributed by atoms with E-state index < -0.39 is 0 Å². The molecule has 2 rings (SSSR count). The van der Waals surface area contributed by atoms with E-state index in [4.69, 9.17) is 11.6 Å². The molecule has 5 heteroatoms. The van der Waals surface area contributed by atoms with Gasteiger partial charge in [0.15, 0.2) is 5.15 Å². The Bertz CT molecular complexity index is 643. The molecule has 0 aliphatic carbocycles. The summed E-state index contributed by atoms with van der Waals surface area (Å²) in [6.45, 7) is 3.85. The van der Waals surface area contributed by atoms with Crippen molar-refractivity contribution in [3.05, 3.63) is 56.8 Å². The molecule has 98 valence electrons. The van der Waals surface area contributed by atoms with Crippen LogP contribution >= 0.6 is 27.5 Å². The zero-order chi connectivity index (χ0) is 14.0. The van der Waals surface area contributed by atoms with Crippen molar-refractivity contribution < 1.29 is 4.79 Å². The maximum atomic E-state index is 12.2. The normalized spacial score (nSPS) is 10.3. The summed E-state index contributed by atoms with van der Waals surface area (Å²) in [5.41, 5.74) is 3.08. The molecular weight excluding hydrogens is 328 g/mol. The first-order valence-corrected chi connectivity index (χ1v) is 6.84. The van der Waals surface area contributed by atoms with Gasteiger partial charge in [0.25, 0.3) is 5.91 Å². The van der Waals surface area contributed by atoms with Gasteiger partial charge >= 0.3 is 0 Å². The number of carbonyl (C=O) groups excluding carboxylic acids is 1. The Kier molecular flexibility index (Phi) is 4.22. The van der Waals surface area contributed by atoms with Gasteiger partial charge in [-0.25, -0.2) is 4.98 Å². The number of aryl methyl sites for hydroxylation is 2. The van der Waals surface area contributed by atoms with Crippen molar-refractivity contribution in [1.29, 1.82) is 0 Å². The molecule has 1 N–H and O–H groups in total. The smallest absolute Gasteiger partial charge is 0.256 e. The van der Waals surface area contributed by atoms with Crippen molar-refractivity contribution in [2.75, 3.05) is 5.32 Å². The van der Waals surface area contributed by atoms with E-state index >= 15 is 0 Å². The average molecular weight is 340 g/mol. The van der Waals surface area contributed by atoms with Gasteiger partial charge in [0.1, 0.15) is 0 Å². The lowest BCUT2D eigenvalue weighted by Crippen LogP contribution is -2.14. The standard InChI is InChI=1S/C14H12BrClN2O/c1-8-3-4-9(2)11(5-8)14(19)18-12-6-10(15)7-17-13(12)16/h3-7H,1-2H3,(H,18,19). The van der Waals surface area contributed by atoms with Crippen molar-refractivity contribution in [2.24, 2.45) is 0 Å². The minimum Gasteiger partial charge on any atom is -0.319 e. The summed E-state index contributed by atoms with van der Waals surface area (Å²) in [6.07, 6.45) is 1.58. The highest BCUT2D eigenvalue weighted by molar-refractivity contribution is 9.10. The van der Waals surface area contributed by atoms with Crippen LogP contribution in [0.3, 0.4) is 0 Å². The summed E-state index contributed by atoms with van der Waals surface area (Å²) < 4.78 is 0.758. The quantitative estimate of drug-likeness (QED) is 0.826. The minimum absolute atomic E-state index is 0.192. The van der Waals surface area contributed by atoms with Crippen LogP contribution in [0.25, 0.3) is 0 Å². The zero-order valence-electron chi connectivity index (χ0n) is 10.5. The van der Waals surface area contributed by atoms with E-state index in [0.29, 0.717) is 11.3 Å². The van der Waals surface area contributed by atoms with Crippen LogP contribution in [-0.4, -0.2) is 10.9 Å². The maximum absolute atomic E-state index is 12.2. The monoisotopic (exact) mass is 338 g/mol. The molecule has 0 aliphatic rings. The molecule has 19 heavy (non-hydrogen) atoms. The topological polar surface area (TPSA) is 42.0 Å². The Morgan fingerprint density at radius 1 is 1.32 bits per heavy atom. The van der Waals surface area contributed by atoms with Crippen LogP contribution in [0.1, 0.15) is 21.5 Å². The number of benzene rings is 1. The number of aromatic nitrogens is 1. The molecule has 0 atom stereocenters. The molecular formula is C14H12BrClN2O. The fourth-order valence-corrected chi connectivity index (χ4v) is 2.16. The highest BCUT2D eigenvalue weighted by atomic mass is 79.9. The van der Waals surface area contributed by atoms with Gasteiger partial charge in [-0.3, -0.25) is 4.79 Å². The van der Waals surface area contributed by atoms with Crippen molar-refractivity contribution >= 4 is 39.1 Å². The number of carbonyl (C=O) groups is 1. The van der Waals surface area contributed by atoms with Gasteiger partial charge in [0, 0.05) is 16.2 Å². The van der Waals surface area contributed by atoms with E-state index in [-0.39, 0.29) is 11.1 Å². The molecule has 0 unspecified atom stereocenters. The third kappa shape index (κ3) is 3.33. The summed E-state index contributed by atoms with van der Waals surface area (Å²) in [6, 6.07) is 7.47. The van der Waals surface area contributed by atoms with E-state index in [1.54, 1.807) is 12.3 Å². The summed E-state index contributed by atoms with van der Waals surface area (Å²) in [5, 5.41) is 3.04. The van der Waals surface area contributed by atoms with Crippen LogP contribution in [0.5, 0.6) is 0 Å². The Hall–Kier alpha value is -1.39. The van der Waals surface area contributed by atoms with Crippen molar-refractivity contribution in [1.82, 2.24) is 4.98 Å². The van der Waals surface area contributed by atoms with Gasteiger partial charge in [0.05, 0.1) is 5.69 Å². The highest BCUT2D eigenvalue weighted by Crippen LogP contribution is 2.24. The molecule has 1 amide bonds. The fourth-order valence-electron chi connectivity index (χ4n) is 1.68. The van der Waals surface area contributed by atoms with Crippen LogP contribution in [0.2, 0.25) is 5.15 Å². The first-order chi connectivity index (χ1) is 8.97. The molecule has 0 bridgehead atoms. The van der Waals surface area contributed by atoms with Gasteiger partial charge in [0.2, 0.25) is 0 Å². The third-order valence-corrected chi connectivity index (χ3v) is 3.43. The summed E-state index contributed by atoms with van der Waals surface area (Å²) in [7, 11) is 0. The van der Waals surface area contributed by atoms with Crippen LogP contribution in [-0.2, 0) is 0 Å². The molecule has 1 aromatic carbocycles. The minimum atomic E-state index is -0.192.